The summed E-state index contributed by atoms with van der Waals surface area (Å²) in [4.78, 5) is 15.3. The maximum atomic E-state index is 13.4. The van der Waals surface area contributed by atoms with E-state index in [1.807, 2.05) is 56.3 Å². The van der Waals surface area contributed by atoms with Gasteiger partial charge in [0.1, 0.15) is 0 Å². The lowest BCUT2D eigenvalue weighted by molar-refractivity contribution is -0.137. The quantitative estimate of drug-likeness (QED) is 0.400. The Morgan fingerprint density at radius 2 is 1.60 bits per heavy atom. The highest BCUT2D eigenvalue weighted by Crippen LogP contribution is 2.54. The standard InChI is InChI=1S/C26H36ClF3N2O2S/c1-24(2,3)35(7,8)34-17-25(4,32(5)6)22(18-13-10-9-11-14-18)31-23(33)19-15-12-16-20(21(19)27)26(28,29)30/h9-16,22H,17H2,1-8H3,(H,31,33). The van der Waals surface area contributed by atoms with Crippen molar-refractivity contribution < 1.29 is 22.1 Å². The first-order valence-corrected chi connectivity index (χ1v) is 13.9. The normalized spacial score (nSPS) is 16.0. The van der Waals surface area contributed by atoms with Gasteiger partial charge in [-0.15, -0.1) is 10.3 Å². The van der Waals surface area contributed by atoms with Crippen molar-refractivity contribution in [2.45, 2.75) is 50.2 Å². The average Bonchev–Trinajstić information content (AvgIpc) is 2.74. The Bertz CT molecular complexity index is 1020. The van der Waals surface area contributed by atoms with Gasteiger partial charge in [0, 0.05) is 4.75 Å². The van der Waals surface area contributed by atoms with E-state index in [0.717, 1.165) is 11.6 Å². The number of amides is 1. The number of carbonyl (C=O) groups excluding carboxylic acids is 1. The topological polar surface area (TPSA) is 41.6 Å². The number of nitrogens with zero attached hydrogens (tertiary/aromatic N) is 1. The Labute approximate surface area is 213 Å². The fourth-order valence-electron chi connectivity index (χ4n) is 3.29. The minimum absolute atomic E-state index is 0.0721. The van der Waals surface area contributed by atoms with Crippen LogP contribution in [0.1, 0.15) is 55.2 Å². The molecule has 9 heteroatoms. The van der Waals surface area contributed by atoms with E-state index in [0.29, 0.717) is 0 Å². The number of rotatable bonds is 8. The van der Waals surface area contributed by atoms with Crippen molar-refractivity contribution in [3.05, 3.63) is 70.2 Å². The Hall–Kier alpha value is -1.74. The molecule has 0 aliphatic heterocycles. The highest BCUT2D eigenvalue weighted by atomic mass is 35.5. The van der Waals surface area contributed by atoms with Crippen LogP contribution in [-0.4, -0.2) is 54.3 Å². The SMILES string of the molecule is CN(C)C(C)(COS(C)(C)C(C)(C)C)C(NC(=O)c1cccc(C(F)(F)F)c1Cl)c1ccccc1. The number of alkyl halides is 3. The number of nitrogens with one attached hydrogen (secondary N) is 1. The molecule has 0 aromatic heterocycles. The predicted octanol–water partition coefficient (Wildman–Crippen LogP) is 6.94. The zero-order valence-corrected chi connectivity index (χ0v) is 23.2. The molecule has 0 aliphatic carbocycles. The molecule has 0 aliphatic rings. The van der Waals surface area contributed by atoms with Gasteiger partial charge in [-0.3, -0.25) is 9.69 Å². The summed E-state index contributed by atoms with van der Waals surface area (Å²) in [6.45, 7) is 8.64. The Morgan fingerprint density at radius 1 is 1.03 bits per heavy atom. The molecule has 196 valence electrons. The van der Waals surface area contributed by atoms with Crippen molar-refractivity contribution >= 4 is 27.8 Å². The van der Waals surface area contributed by atoms with Crippen molar-refractivity contribution in [2.24, 2.45) is 0 Å². The zero-order chi connectivity index (χ0) is 26.8. The van der Waals surface area contributed by atoms with Crippen LogP contribution in [0.15, 0.2) is 48.5 Å². The van der Waals surface area contributed by atoms with Crippen LogP contribution in [0.2, 0.25) is 5.02 Å². The van der Waals surface area contributed by atoms with Crippen molar-refractivity contribution in [3.63, 3.8) is 0 Å². The van der Waals surface area contributed by atoms with Gasteiger partial charge in [0.25, 0.3) is 5.91 Å². The molecule has 0 heterocycles. The predicted molar refractivity (Wildman–Crippen MR) is 140 cm³/mol. The molecule has 2 rings (SSSR count). The molecule has 0 fully saturated rings. The summed E-state index contributed by atoms with van der Waals surface area (Å²) >= 11 is 6.05. The first-order chi connectivity index (χ1) is 15.9. The summed E-state index contributed by atoms with van der Waals surface area (Å²) in [7, 11) is 2.31. The zero-order valence-electron chi connectivity index (χ0n) is 21.6. The van der Waals surface area contributed by atoms with E-state index in [9.17, 15) is 18.0 Å². The molecule has 1 amide bonds. The smallest absolute Gasteiger partial charge is 0.343 e. The second-order valence-corrected chi connectivity index (χ2v) is 14.6. The molecule has 2 unspecified atom stereocenters. The monoisotopic (exact) mass is 532 g/mol. The Morgan fingerprint density at radius 3 is 2.09 bits per heavy atom. The van der Waals surface area contributed by atoms with Crippen LogP contribution in [0.3, 0.4) is 0 Å². The molecule has 0 spiro atoms. The van der Waals surface area contributed by atoms with Crippen molar-refractivity contribution in [3.8, 4) is 0 Å². The van der Waals surface area contributed by atoms with Gasteiger partial charge >= 0.3 is 6.18 Å². The molecule has 2 aromatic carbocycles. The molecule has 0 saturated carbocycles. The lowest BCUT2D eigenvalue weighted by atomic mass is 9.86. The molecule has 0 radical (unpaired) electrons. The second kappa shape index (κ2) is 10.7. The van der Waals surface area contributed by atoms with Crippen LogP contribution >= 0.6 is 21.9 Å². The summed E-state index contributed by atoms with van der Waals surface area (Å²) in [5.41, 5.74) is -1.21. The maximum absolute atomic E-state index is 13.4. The van der Waals surface area contributed by atoms with E-state index in [4.69, 9.17) is 15.8 Å². The molecule has 35 heavy (non-hydrogen) atoms. The van der Waals surface area contributed by atoms with Crippen LogP contribution < -0.4 is 5.32 Å². The van der Waals surface area contributed by atoms with Crippen LogP contribution in [0.25, 0.3) is 0 Å². The van der Waals surface area contributed by atoms with Gasteiger partial charge in [-0.25, -0.2) is 0 Å². The summed E-state index contributed by atoms with van der Waals surface area (Å²) in [5, 5.41) is 2.34. The maximum Gasteiger partial charge on any atom is 0.417 e. The largest absolute Gasteiger partial charge is 0.417 e. The number of hydrogen-bond donors (Lipinski definition) is 1. The third kappa shape index (κ3) is 6.73. The lowest BCUT2D eigenvalue weighted by Crippen LogP contribution is -2.56. The molecular formula is C26H36ClF3N2O2S. The number of hydrogen-bond acceptors (Lipinski definition) is 3. The highest BCUT2D eigenvalue weighted by Gasteiger charge is 2.42. The average molecular weight is 533 g/mol. The molecule has 0 saturated heterocycles. The van der Waals surface area contributed by atoms with E-state index in [-0.39, 0.29) is 16.9 Å². The van der Waals surface area contributed by atoms with Crippen LogP contribution in [0, 0.1) is 0 Å². The summed E-state index contributed by atoms with van der Waals surface area (Å²) in [6.07, 6.45) is -0.470. The number of halogens is 4. The van der Waals surface area contributed by atoms with E-state index in [1.165, 1.54) is 12.1 Å². The van der Waals surface area contributed by atoms with Crippen molar-refractivity contribution in [1.29, 1.82) is 0 Å². The van der Waals surface area contributed by atoms with Crippen LogP contribution in [0.4, 0.5) is 13.2 Å². The van der Waals surface area contributed by atoms with E-state index < -0.39 is 44.6 Å². The number of benzene rings is 2. The fraction of sp³-hybridized carbons (Fsp3) is 0.500. The fourth-order valence-corrected chi connectivity index (χ4v) is 4.50. The Balaban J connectivity index is 2.52. The minimum Gasteiger partial charge on any atom is -0.343 e. The Kier molecular flexibility index (Phi) is 9.02. The third-order valence-electron chi connectivity index (χ3n) is 6.72. The summed E-state index contributed by atoms with van der Waals surface area (Å²) in [6, 6.07) is 12.1. The van der Waals surface area contributed by atoms with Gasteiger partial charge in [-0.2, -0.15) is 13.2 Å². The van der Waals surface area contributed by atoms with Gasteiger partial charge in [0.2, 0.25) is 0 Å². The van der Waals surface area contributed by atoms with Gasteiger partial charge in [0.15, 0.2) is 0 Å². The second-order valence-electron chi connectivity index (χ2n) is 10.3. The van der Waals surface area contributed by atoms with Crippen LogP contribution in [0.5, 0.6) is 0 Å². The molecule has 4 nitrogen and oxygen atoms in total. The summed E-state index contributed by atoms with van der Waals surface area (Å²) in [5.74, 6) is -0.689. The highest BCUT2D eigenvalue weighted by molar-refractivity contribution is 8.29. The van der Waals surface area contributed by atoms with Gasteiger partial charge in [0.05, 0.1) is 34.3 Å². The molecule has 0 bridgehead atoms. The van der Waals surface area contributed by atoms with Crippen LogP contribution in [-0.2, 0) is 10.4 Å². The lowest BCUT2D eigenvalue weighted by Gasteiger charge is -2.49. The molecule has 2 atom stereocenters. The molecule has 2 aromatic rings. The van der Waals surface area contributed by atoms with Gasteiger partial charge in [-0.1, -0.05) is 68.8 Å². The van der Waals surface area contributed by atoms with Gasteiger partial charge in [-0.05, 0) is 51.2 Å². The third-order valence-corrected chi connectivity index (χ3v) is 10.8. The first kappa shape index (κ1) is 29.5. The van der Waals surface area contributed by atoms with Crippen molar-refractivity contribution in [1.82, 2.24) is 10.2 Å². The van der Waals surface area contributed by atoms with Gasteiger partial charge < -0.3 is 9.50 Å². The molecular weight excluding hydrogens is 497 g/mol. The number of carbonyl (C=O) groups is 1. The van der Waals surface area contributed by atoms with Crippen molar-refractivity contribution in [2.75, 3.05) is 33.2 Å². The van der Waals surface area contributed by atoms with E-state index >= 15 is 0 Å². The number of likely N-dealkylation sites (N-methyl/N-ethyl adjacent to an activating group) is 1. The summed E-state index contributed by atoms with van der Waals surface area (Å²) < 4.78 is 46.6. The first-order valence-electron chi connectivity index (χ1n) is 11.2. The minimum atomic E-state index is -4.67. The molecule has 1 N–H and O–H groups in total. The van der Waals surface area contributed by atoms with E-state index in [1.54, 1.807) is 0 Å². The van der Waals surface area contributed by atoms with E-state index in [2.05, 4.69) is 38.6 Å².